The van der Waals surface area contributed by atoms with Gasteiger partial charge in [-0.2, -0.15) is 0 Å². The first-order valence-corrected chi connectivity index (χ1v) is 8.38. The number of imidazole rings is 1. The predicted molar refractivity (Wildman–Crippen MR) is 90.2 cm³/mol. The number of aryl methyl sites for hydroxylation is 1. The largest absolute Gasteiger partial charge is 0.341 e. The van der Waals surface area contributed by atoms with Crippen LogP contribution in [0.3, 0.4) is 0 Å². The van der Waals surface area contributed by atoms with Gasteiger partial charge in [-0.05, 0) is 19.9 Å². The first-order chi connectivity index (χ1) is 12.1. The van der Waals surface area contributed by atoms with Gasteiger partial charge in [-0.15, -0.1) is 10.2 Å². The first kappa shape index (κ1) is 15.7. The summed E-state index contributed by atoms with van der Waals surface area (Å²) in [7, 11) is 0. The molecule has 25 heavy (non-hydrogen) atoms. The first-order valence-electron chi connectivity index (χ1n) is 8.38. The minimum absolute atomic E-state index is 0.199. The number of amides is 1. The van der Waals surface area contributed by atoms with Gasteiger partial charge < -0.3 is 15.2 Å². The number of carbonyl (C=O) groups excluding carboxylic acids is 1. The Bertz CT molecular complexity index is 928. The van der Waals surface area contributed by atoms with Crippen LogP contribution in [0.4, 0.5) is 0 Å². The lowest BCUT2D eigenvalue weighted by molar-refractivity contribution is 0.0931. The predicted octanol–water partition coefficient (Wildman–Crippen LogP) is 0.266. The molecule has 130 valence electrons. The third-order valence-electron chi connectivity index (χ3n) is 4.42. The van der Waals surface area contributed by atoms with E-state index in [2.05, 4.69) is 35.4 Å². The second-order valence-electron chi connectivity index (χ2n) is 6.16. The SMILES string of the molecule is Cc1nc2ncccn2c1C(=O)N[C@H](C)c1nnc2n1CCNCC2. The molecule has 4 heterocycles. The summed E-state index contributed by atoms with van der Waals surface area (Å²) in [5.41, 5.74) is 1.14. The van der Waals surface area contributed by atoms with Crippen LogP contribution in [0, 0.1) is 6.92 Å². The lowest BCUT2D eigenvalue weighted by Crippen LogP contribution is -2.30. The smallest absolute Gasteiger partial charge is 0.270 e. The second-order valence-corrected chi connectivity index (χ2v) is 6.16. The van der Waals surface area contributed by atoms with Gasteiger partial charge in [-0.1, -0.05) is 0 Å². The van der Waals surface area contributed by atoms with Gasteiger partial charge in [0.2, 0.25) is 5.78 Å². The van der Waals surface area contributed by atoms with E-state index in [1.807, 2.05) is 13.8 Å². The number of hydrogen-bond acceptors (Lipinski definition) is 6. The summed E-state index contributed by atoms with van der Waals surface area (Å²) in [6, 6.07) is 1.52. The van der Waals surface area contributed by atoms with Crippen molar-refractivity contribution >= 4 is 11.7 Å². The maximum absolute atomic E-state index is 12.8. The number of fused-ring (bicyclic) bond motifs is 2. The van der Waals surface area contributed by atoms with Gasteiger partial charge in [-0.3, -0.25) is 9.20 Å². The zero-order valence-electron chi connectivity index (χ0n) is 14.2. The molecule has 1 aliphatic rings. The van der Waals surface area contributed by atoms with Crippen molar-refractivity contribution in [2.75, 3.05) is 13.1 Å². The van der Waals surface area contributed by atoms with Crippen molar-refractivity contribution in [3.8, 4) is 0 Å². The van der Waals surface area contributed by atoms with E-state index in [0.717, 1.165) is 37.7 Å². The minimum Gasteiger partial charge on any atom is -0.341 e. The molecule has 2 N–H and O–H groups in total. The molecule has 0 aromatic carbocycles. The fourth-order valence-corrected chi connectivity index (χ4v) is 3.22. The van der Waals surface area contributed by atoms with Crippen LogP contribution in [-0.4, -0.2) is 48.1 Å². The highest BCUT2D eigenvalue weighted by Gasteiger charge is 2.23. The molecule has 0 saturated carbocycles. The molecular formula is C16H20N8O. The van der Waals surface area contributed by atoms with Crippen LogP contribution in [0.5, 0.6) is 0 Å². The number of rotatable bonds is 3. The Morgan fingerprint density at radius 3 is 3.12 bits per heavy atom. The normalized spacial score (nSPS) is 15.6. The Morgan fingerprint density at radius 1 is 1.36 bits per heavy atom. The van der Waals surface area contributed by atoms with Gasteiger partial charge in [0.25, 0.3) is 5.91 Å². The van der Waals surface area contributed by atoms with Crippen molar-refractivity contribution in [3.05, 3.63) is 41.5 Å². The van der Waals surface area contributed by atoms with Crippen LogP contribution in [0.25, 0.3) is 5.78 Å². The van der Waals surface area contributed by atoms with Crippen LogP contribution < -0.4 is 10.6 Å². The molecule has 1 amide bonds. The molecule has 3 aromatic heterocycles. The third kappa shape index (κ3) is 2.76. The molecule has 0 aliphatic carbocycles. The Balaban J connectivity index is 1.60. The molecule has 4 rings (SSSR count). The average molecular weight is 340 g/mol. The number of carbonyl (C=O) groups is 1. The summed E-state index contributed by atoms with van der Waals surface area (Å²) in [6.45, 7) is 6.30. The molecule has 0 radical (unpaired) electrons. The molecule has 0 saturated heterocycles. The van der Waals surface area contributed by atoms with Crippen LogP contribution >= 0.6 is 0 Å². The number of nitrogens with one attached hydrogen (secondary N) is 2. The maximum atomic E-state index is 12.8. The van der Waals surface area contributed by atoms with E-state index in [-0.39, 0.29) is 11.9 Å². The van der Waals surface area contributed by atoms with Crippen molar-refractivity contribution < 1.29 is 4.79 Å². The molecule has 1 aliphatic heterocycles. The summed E-state index contributed by atoms with van der Waals surface area (Å²) >= 11 is 0. The van der Waals surface area contributed by atoms with E-state index in [0.29, 0.717) is 17.2 Å². The highest BCUT2D eigenvalue weighted by Crippen LogP contribution is 2.16. The average Bonchev–Trinajstić information content (AvgIpc) is 3.06. The van der Waals surface area contributed by atoms with E-state index >= 15 is 0 Å². The van der Waals surface area contributed by atoms with Crippen LogP contribution in [0.1, 0.15) is 40.8 Å². The van der Waals surface area contributed by atoms with Crippen molar-refractivity contribution in [3.63, 3.8) is 0 Å². The lowest BCUT2D eigenvalue weighted by atomic mass is 10.2. The lowest BCUT2D eigenvalue weighted by Gasteiger charge is -2.15. The molecule has 0 spiro atoms. The molecule has 0 fully saturated rings. The van der Waals surface area contributed by atoms with Gasteiger partial charge in [0.05, 0.1) is 11.7 Å². The van der Waals surface area contributed by atoms with Gasteiger partial charge >= 0.3 is 0 Å². The monoisotopic (exact) mass is 340 g/mol. The fourth-order valence-electron chi connectivity index (χ4n) is 3.22. The number of nitrogens with zero attached hydrogens (tertiary/aromatic N) is 6. The molecule has 0 unspecified atom stereocenters. The Labute approximate surface area is 144 Å². The molecule has 0 bridgehead atoms. The van der Waals surface area contributed by atoms with E-state index in [4.69, 9.17) is 0 Å². The van der Waals surface area contributed by atoms with Crippen LogP contribution in [0.2, 0.25) is 0 Å². The van der Waals surface area contributed by atoms with Crippen molar-refractivity contribution in [2.45, 2.75) is 32.9 Å². The standard InChI is InChI=1S/C16H20N8O/c1-10-13(24-8-3-5-18-16(24)20-10)15(25)19-11(2)14-22-21-12-4-6-17-7-9-23(12)14/h3,5,8,11,17H,4,6-7,9H2,1-2H3,(H,19,25)/t11-/m1/s1. The molecule has 9 nitrogen and oxygen atoms in total. The van der Waals surface area contributed by atoms with E-state index in [1.165, 1.54) is 0 Å². The molecule has 9 heteroatoms. The Kier molecular flexibility index (Phi) is 3.92. The summed E-state index contributed by atoms with van der Waals surface area (Å²) in [5, 5.41) is 14.9. The Hall–Kier alpha value is -2.81. The number of aromatic nitrogens is 6. The van der Waals surface area contributed by atoms with Gasteiger partial charge in [-0.25, -0.2) is 9.97 Å². The summed E-state index contributed by atoms with van der Waals surface area (Å²) in [4.78, 5) is 21.3. The van der Waals surface area contributed by atoms with Gasteiger partial charge in [0.15, 0.2) is 5.82 Å². The highest BCUT2D eigenvalue weighted by atomic mass is 16.2. The van der Waals surface area contributed by atoms with Crippen molar-refractivity contribution in [1.82, 2.24) is 39.8 Å². The molecule has 1 atom stereocenters. The summed E-state index contributed by atoms with van der Waals surface area (Å²) in [5.74, 6) is 2.04. The van der Waals surface area contributed by atoms with Gasteiger partial charge in [0.1, 0.15) is 11.5 Å². The van der Waals surface area contributed by atoms with Crippen molar-refractivity contribution in [2.24, 2.45) is 0 Å². The van der Waals surface area contributed by atoms with Crippen molar-refractivity contribution in [1.29, 1.82) is 0 Å². The topological polar surface area (TPSA) is 102 Å². The van der Waals surface area contributed by atoms with Gasteiger partial charge in [0, 0.05) is 38.4 Å². The highest BCUT2D eigenvalue weighted by molar-refractivity contribution is 5.94. The number of hydrogen-bond donors (Lipinski definition) is 2. The van der Waals surface area contributed by atoms with E-state index in [1.54, 1.807) is 22.9 Å². The van der Waals surface area contributed by atoms with E-state index < -0.39 is 0 Å². The Morgan fingerprint density at radius 2 is 2.24 bits per heavy atom. The third-order valence-corrected chi connectivity index (χ3v) is 4.42. The second kappa shape index (κ2) is 6.25. The molecular weight excluding hydrogens is 320 g/mol. The van der Waals surface area contributed by atoms with Crippen LogP contribution in [0.15, 0.2) is 18.5 Å². The minimum atomic E-state index is -0.256. The fraction of sp³-hybridized carbons (Fsp3) is 0.438. The van der Waals surface area contributed by atoms with E-state index in [9.17, 15) is 4.79 Å². The quantitative estimate of drug-likeness (QED) is 0.709. The molecule has 3 aromatic rings. The van der Waals surface area contributed by atoms with Crippen LogP contribution in [-0.2, 0) is 13.0 Å². The zero-order chi connectivity index (χ0) is 17.4. The summed E-state index contributed by atoms with van der Waals surface area (Å²) < 4.78 is 3.79. The summed E-state index contributed by atoms with van der Waals surface area (Å²) in [6.07, 6.45) is 4.29. The zero-order valence-corrected chi connectivity index (χ0v) is 14.2. The maximum Gasteiger partial charge on any atom is 0.270 e.